The summed E-state index contributed by atoms with van der Waals surface area (Å²) in [6.45, 7) is -0.638. The number of aliphatic hydroxyl groups is 1. The largest absolute Gasteiger partial charge is 0.480 e. The fourth-order valence-electron chi connectivity index (χ4n) is 4.14. The lowest BCUT2D eigenvalue weighted by Gasteiger charge is -2.36. The molecule has 13 heteroatoms. The number of aliphatic carboxylic acids is 1. The SMILES string of the molecule is O=C(O)Cn1c(=O)c(C(O)NCc2ccc(Cl)cc2)cc2c(N3CCNC(C(F)(F)F)C3)ccnc21. The van der Waals surface area contributed by atoms with E-state index < -0.39 is 36.5 Å². The first-order valence-electron chi connectivity index (χ1n) is 11.0. The van der Waals surface area contributed by atoms with Crippen LogP contribution >= 0.6 is 11.6 Å². The molecule has 0 amide bonds. The summed E-state index contributed by atoms with van der Waals surface area (Å²) in [6.07, 6.45) is -4.63. The molecular formula is C23H23ClF3N5O4. The molecule has 1 aromatic carbocycles. The third-order valence-electron chi connectivity index (χ3n) is 5.91. The Bertz CT molecular complexity index is 1320. The highest BCUT2D eigenvalue weighted by molar-refractivity contribution is 6.30. The number of carboxylic acid groups (broad SMARTS) is 1. The van der Waals surface area contributed by atoms with E-state index in [-0.39, 0.29) is 42.8 Å². The summed E-state index contributed by atoms with van der Waals surface area (Å²) in [5.74, 6) is -1.31. The second-order valence-corrected chi connectivity index (χ2v) is 8.79. The van der Waals surface area contributed by atoms with Gasteiger partial charge < -0.3 is 20.4 Å². The van der Waals surface area contributed by atoms with E-state index in [1.165, 1.54) is 23.2 Å². The van der Waals surface area contributed by atoms with Crippen LogP contribution in [0.15, 0.2) is 47.4 Å². The number of aromatic nitrogens is 2. The van der Waals surface area contributed by atoms with Crippen molar-refractivity contribution in [2.75, 3.05) is 24.5 Å². The van der Waals surface area contributed by atoms with Crippen molar-refractivity contribution < 1.29 is 28.2 Å². The standard InChI is InChI=1S/C23H23ClF3N5O4/c24-14-3-1-13(2-4-14)10-30-21(35)16-9-15-17(31-8-7-28-18(11-31)23(25,26)27)5-6-29-20(15)32(22(16)36)12-19(33)34/h1-6,9,18,21,28,30,35H,7-8,10-12H2,(H,33,34). The van der Waals surface area contributed by atoms with Crippen molar-refractivity contribution in [2.24, 2.45) is 0 Å². The average molecular weight is 526 g/mol. The van der Waals surface area contributed by atoms with Crippen LogP contribution in [0.4, 0.5) is 18.9 Å². The molecule has 3 heterocycles. The Morgan fingerprint density at radius 3 is 2.67 bits per heavy atom. The molecule has 0 radical (unpaired) electrons. The topological polar surface area (TPSA) is 120 Å². The van der Waals surface area contributed by atoms with E-state index in [1.54, 1.807) is 24.3 Å². The highest BCUT2D eigenvalue weighted by Crippen LogP contribution is 2.30. The van der Waals surface area contributed by atoms with Gasteiger partial charge in [-0.2, -0.15) is 13.2 Å². The molecular weight excluding hydrogens is 503 g/mol. The zero-order valence-electron chi connectivity index (χ0n) is 18.8. The Morgan fingerprint density at radius 1 is 1.28 bits per heavy atom. The van der Waals surface area contributed by atoms with Crippen molar-refractivity contribution in [1.82, 2.24) is 20.2 Å². The summed E-state index contributed by atoms with van der Waals surface area (Å²) in [5.41, 5.74) is 0.178. The third kappa shape index (κ3) is 5.62. The minimum absolute atomic E-state index is 0.00403. The van der Waals surface area contributed by atoms with Gasteiger partial charge in [0.15, 0.2) is 0 Å². The lowest BCUT2D eigenvalue weighted by atomic mass is 10.1. The van der Waals surface area contributed by atoms with E-state index in [9.17, 15) is 33.0 Å². The molecule has 1 fully saturated rings. The van der Waals surface area contributed by atoms with Crippen LogP contribution in [-0.2, 0) is 17.9 Å². The molecule has 3 aromatic rings. The number of piperazine rings is 1. The van der Waals surface area contributed by atoms with Crippen LogP contribution in [0.1, 0.15) is 17.4 Å². The summed E-state index contributed by atoms with van der Waals surface area (Å²) < 4.78 is 41.0. The highest BCUT2D eigenvalue weighted by atomic mass is 35.5. The molecule has 0 saturated carbocycles. The van der Waals surface area contributed by atoms with Gasteiger partial charge in [-0.15, -0.1) is 0 Å². The fourth-order valence-corrected chi connectivity index (χ4v) is 4.27. The molecule has 1 saturated heterocycles. The molecule has 4 rings (SSSR count). The predicted molar refractivity (Wildman–Crippen MR) is 127 cm³/mol. The Labute approximate surface area is 208 Å². The van der Waals surface area contributed by atoms with Crippen molar-refractivity contribution in [3.05, 3.63) is 69.1 Å². The second-order valence-electron chi connectivity index (χ2n) is 8.36. The molecule has 192 valence electrons. The number of nitrogens with one attached hydrogen (secondary N) is 2. The number of hydrogen-bond acceptors (Lipinski definition) is 7. The van der Waals surface area contributed by atoms with Crippen molar-refractivity contribution in [3.63, 3.8) is 0 Å². The van der Waals surface area contributed by atoms with Crippen molar-refractivity contribution in [2.45, 2.75) is 31.5 Å². The monoisotopic (exact) mass is 525 g/mol. The maximum atomic E-state index is 13.4. The van der Waals surface area contributed by atoms with Crippen molar-refractivity contribution in [1.29, 1.82) is 0 Å². The molecule has 2 aromatic heterocycles. The molecule has 2 unspecified atom stereocenters. The zero-order chi connectivity index (χ0) is 26.0. The van der Waals surface area contributed by atoms with E-state index in [2.05, 4.69) is 15.6 Å². The van der Waals surface area contributed by atoms with Crippen LogP contribution in [0.3, 0.4) is 0 Å². The van der Waals surface area contributed by atoms with Gasteiger partial charge in [-0.05, 0) is 29.8 Å². The molecule has 4 N–H and O–H groups in total. The summed E-state index contributed by atoms with van der Waals surface area (Å²) in [6, 6.07) is 7.89. The van der Waals surface area contributed by atoms with Crippen LogP contribution < -0.4 is 21.1 Å². The van der Waals surface area contributed by atoms with Gasteiger partial charge in [-0.3, -0.25) is 19.5 Å². The smallest absolute Gasteiger partial charge is 0.405 e. The first kappa shape index (κ1) is 25.9. The van der Waals surface area contributed by atoms with Crippen LogP contribution in [0, 0.1) is 0 Å². The maximum Gasteiger partial charge on any atom is 0.405 e. The van der Waals surface area contributed by atoms with E-state index in [0.717, 1.165) is 10.1 Å². The number of hydrogen-bond donors (Lipinski definition) is 4. The number of rotatable bonds is 7. The van der Waals surface area contributed by atoms with Gasteiger partial charge in [-0.25, -0.2) is 4.98 Å². The highest BCUT2D eigenvalue weighted by Gasteiger charge is 2.42. The van der Waals surface area contributed by atoms with Crippen LogP contribution in [-0.4, -0.2) is 57.6 Å². The van der Waals surface area contributed by atoms with E-state index in [0.29, 0.717) is 10.7 Å². The Balaban J connectivity index is 1.75. The molecule has 0 bridgehead atoms. The number of pyridine rings is 2. The van der Waals surface area contributed by atoms with Crippen LogP contribution in [0.25, 0.3) is 11.0 Å². The quantitative estimate of drug-likeness (QED) is 0.347. The molecule has 1 aliphatic rings. The Kier molecular flexibility index (Phi) is 7.50. The van der Waals surface area contributed by atoms with E-state index in [4.69, 9.17) is 11.6 Å². The number of aliphatic hydroxyl groups excluding tert-OH is 1. The second kappa shape index (κ2) is 10.4. The van der Waals surface area contributed by atoms with Crippen molar-refractivity contribution >= 4 is 34.3 Å². The normalized spacial score (nSPS) is 17.4. The molecule has 1 aliphatic heterocycles. The molecule has 36 heavy (non-hydrogen) atoms. The van der Waals surface area contributed by atoms with Gasteiger partial charge in [0.25, 0.3) is 5.56 Å². The number of nitrogens with zero attached hydrogens (tertiary/aromatic N) is 3. The first-order valence-corrected chi connectivity index (χ1v) is 11.4. The first-order chi connectivity index (χ1) is 17.0. The third-order valence-corrected chi connectivity index (χ3v) is 6.16. The lowest BCUT2D eigenvalue weighted by Crippen LogP contribution is -2.57. The van der Waals surface area contributed by atoms with E-state index in [1.807, 2.05) is 0 Å². The minimum atomic E-state index is -4.46. The molecule has 2 atom stereocenters. The molecule has 0 spiro atoms. The summed E-state index contributed by atoms with van der Waals surface area (Å²) >= 11 is 5.88. The minimum Gasteiger partial charge on any atom is -0.480 e. The van der Waals surface area contributed by atoms with Gasteiger partial charge in [0, 0.05) is 48.5 Å². The van der Waals surface area contributed by atoms with Crippen molar-refractivity contribution in [3.8, 4) is 0 Å². The number of fused-ring (bicyclic) bond motifs is 1. The van der Waals surface area contributed by atoms with Gasteiger partial charge in [-0.1, -0.05) is 23.7 Å². The number of halogens is 4. The Morgan fingerprint density at radius 2 is 2.00 bits per heavy atom. The van der Waals surface area contributed by atoms with Gasteiger partial charge in [0.05, 0.1) is 5.56 Å². The number of alkyl halides is 3. The predicted octanol–water partition coefficient (Wildman–Crippen LogP) is 2.26. The lowest BCUT2D eigenvalue weighted by molar-refractivity contribution is -0.155. The summed E-state index contributed by atoms with van der Waals surface area (Å²) in [4.78, 5) is 30.3. The van der Waals surface area contributed by atoms with Crippen LogP contribution in [0.2, 0.25) is 5.02 Å². The molecule has 9 nitrogen and oxygen atoms in total. The van der Waals surface area contributed by atoms with Gasteiger partial charge in [0.2, 0.25) is 0 Å². The number of benzene rings is 1. The zero-order valence-corrected chi connectivity index (χ0v) is 19.6. The maximum absolute atomic E-state index is 13.4. The average Bonchev–Trinajstić information content (AvgIpc) is 2.84. The summed E-state index contributed by atoms with van der Waals surface area (Å²) in [7, 11) is 0. The summed E-state index contributed by atoms with van der Waals surface area (Å²) in [5, 5.41) is 26.2. The van der Waals surface area contributed by atoms with E-state index >= 15 is 0 Å². The number of anilines is 1. The van der Waals surface area contributed by atoms with Gasteiger partial charge >= 0.3 is 12.1 Å². The van der Waals surface area contributed by atoms with Gasteiger partial charge in [0.1, 0.15) is 24.5 Å². The fraction of sp³-hybridized carbons (Fsp3) is 0.348. The number of carbonyl (C=O) groups is 1. The van der Waals surface area contributed by atoms with Crippen LogP contribution in [0.5, 0.6) is 0 Å². The molecule has 0 aliphatic carbocycles. The Hall–Kier alpha value is -3.19. The number of carboxylic acids is 1.